The highest BCUT2D eigenvalue weighted by molar-refractivity contribution is 5.98. The van der Waals surface area contributed by atoms with Crippen LogP contribution in [0, 0.1) is 11.7 Å². The molecule has 1 aromatic carbocycles. The van der Waals surface area contributed by atoms with Gasteiger partial charge < -0.3 is 16.0 Å². The third kappa shape index (κ3) is 3.39. The molecule has 132 valence electrons. The number of carbonyl (C=O) groups excluding carboxylic acids is 2. The predicted molar refractivity (Wildman–Crippen MR) is 92.9 cm³/mol. The van der Waals surface area contributed by atoms with E-state index >= 15 is 0 Å². The number of halogens is 2. The largest absolute Gasteiger partial charge is 0.334 e. The number of nitrogens with one attached hydrogen (secondary N) is 1. The summed E-state index contributed by atoms with van der Waals surface area (Å²) >= 11 is 0. The molecular formula is C17H23ClFN3O2. The van der Waals surface area contributed by atoms with Crippen LogP contribution in [0.1, 0.15) is 42.1 Å². The number of amides is 2. The number of carbonyl (C=O) groups is 2. The number of nitrogens with two attached hydrogens (primary N) is 1. The van der Waals surface area contributed by atoms with Crippen LogP contribution in [0.5, 0.6) is 0 Å². The first-order valence-corrected chi connectivity index (χ1v) is 8.14. The Morgan fingerprint density at radius 1 is 1.42 bits per heavy atom. The molecule has 2 heterocycles. The summed E-state index contributed by atoms with van der Waals surface area (Å²) in [6.07, 6.45) is 2.83. The molecule has 0 spiro atoms. The molecule has 3 rings (SSSR count). The molecule has 2 aliphatic rings. The Morgan fingerprint density at radius 3 is 2.88 bits per heavy atom. The minimum atomic E-state index is -0.593. The Kier molecular flexibility index (Phi) is 5.83. The van der Waals surface area contributed by atoms with Gasteiger partial charge >= 0.3 is 0 Å². The molecule has 0 radical (unpaired) electrons. The Balaban J connectivity index is 0.00000208. The van der Waals surface area contributed by atoms with Gasteiger partial charge in [0.15, 0.2) is 0 Å². The summed E-state index contributed by atoms with van der Waals surface area (Å²) in [6.45, 7) is 3.07. The zero-order valence-corrected chi connectivity index (χ0v) is 14.5. The lowest BCUT2D eigenvalue weighted by molar-refractivity contribution is -0.116. The topological polar surface area (TPSA) is 75.4 Å². The van der Waals surface area contributed by atoms with Crippen LogP contribution in [0.2, 0.25) is 0 Å². The van der Waals surface area contributed by atoms with Gasteiger partial charge in [0.2, 0.25) is 5.91 Å². The number of benzene rings is 1. The molecule has 0 bridgehead atoms. The SMILES string of the molecule is CC1CCCN(C(=O)c2cc3c(cc2F)NC(=O)CC3)C1CN.Cl. The molecule has 0 aliphatic carbocycles. The van der Waals surface area contributed by atoms with Crippen molar-refractivity contribution in [3.8, 4) is 0 Å². The summed E-state index contributed by atoms with van der Waals surface area (Å²) in [4.78, 5) is 25.9. The van der Waals surface area contributed by atoms with Crippen molar-refractivity contribution in [1.29, 1.82) is 0 Å². The third-order valence-electron chi connectivity index (χ3n) is 4.94. The van der Waals surface area contributed by atoms with Crippen molar-refractivity contribution in [3.05, 3.63) is 29.1 Å². The van der Waals surface area contributed by atoms with E-state index in [4.69, 9.17) is 5.73 Å². The summed E-state index contributed by atoms with van der Waals surface area (Å²) in [7, 11) is 0. The van der Waals surface area contributed by atoms with Crippen molar-refractivity contribution < 1.29 is 14.0 Å². The van der Waals surface area contributed by atoms with Gasteiger partial charge in [-0.1, -0.05) is 6.92 Å². The molecule has 2 atom stereocenters. The quantitative estimate of drug-likeness (QED) is 0.855. The number of aryl methyl sites for hydroxylation is 1. The van der Waals surface area contributed by atoms with E-state index in [1.54, 1.807) is 11.0 Å². The minimum absolute atomic E-state index is 0. The van der Waals surface area contributed by atoms with Crippen molar-refractivity contribution >= 4 is 29.9 Å². The standard InChI is InChI=1S/C17H22FN3O2.ClH/c1-10-3-2-6-21(15(10)9-19)17(23)12-7-11-4-5-16(22)20-14(11)8-13(12)18;/h7-8,10,15H,2-6,9,19H2,1H3,(H,20,22);1H. The number of anilines is 1. The van der Waals surface area contributed by atoms with Gasteiger partial charge in [-0.15, -0.1) is 12.4 Å². The Hall–Kier alpha value is -1.66. The van der Waals surface area contributed by atoms with Gasteiger partial charge in [0, 0.05) is 31.2 Å². The third-order valence-corrected chi connectivity index (χ3v) is 4.94. The minimum Gasteiger partial charge on any atom is -0.334 e. The van der Waals surface area contributed by atoms with Crippen LogP contribution in [0.3, 0.4) is 0 Å². The molecule has 1 fully saturated rings. The zero-order valence-electron chi connectivity index (χ0n) is 13.7. The predicted octanol–water partition coefficient (Wildman–Crippen LogP) is 2.33. The van der Waals surface area contributed by atoms with Gasteiger partial charge in [-0.05, 0) is 42.9 Å². The van der Waals surface area contributed by atoms with Gasteiger partial charge in [0.25, 0.3) is 5.91 Å². The molecular weight excluding hydrogens is 333 g/mol. The highest BCUT2D eigenvalue weighted by Gasteiger charge is 2.33. The molecule has 1 saturated heterocycles. The maximum Gasteiger partial charge on any atom is 0.257 e. The first kappa shape index (κ1) is 18.7. The van der Waals surface area contributed by atoms with Crippen LogP contribution >= 0.6 is 12.4 Å². The molecule has 3 N–H and O–H groups in total. The maximum absolute atomic E-state index is 14.4. The average molecular weight is 356 g/mol. The molecule has 24 heavy (non-hydrogen) atoms. The second kappa shape index (κ2) is 7.49. The highest BCUT2D eigenvalue weighted by Crippen LogP contribution is 2.29. The fraction of sp³-hybridized carbons (Fsp3) is 0.529. The second-order valence-corrected chi connectivity index (χ2v) is 6.46. The molecule has 2 unspecified atom stereocenters. The smallest absolute Gasteiger partial charge is 0.257 e. The van der Waals surface area contributed by atoms with Crippen LogP contribution in [0.15, 0.2) is 12.1 Å². The zero-order chi connectivity index (χ0) is 16.6. The number of rotatable bonds is 2. The molecule has 7 heteroatoms. The monoisotopic (exact) mass is 355 g/mol. The van der Waals surface area contributed by atoms with E-state index < -0.39 is 5.82 Å². The number of piperidine rings is 1. The van der Waals surface area contributed by atoms with Gasteiger partial charge in [0.1, 0.15) is 5.82 Å². The molecule has 5 nitrogen and oxygen atoms in total. The number of likely N-dealkylation sites (tertiary alicyclic amines) is 1. The summed E-state index contributed by atoms with van der Waals surface area (Å²) in [5.41, 5.74) is 7.18. The normalized spacial score (nSPS) is 23.1. The van der Waals surface area contributed by atoms with Crippen LogP contribution in [0.4, 0.5) is 10.1 Å². The molecule has 0 saturated carbocycles. The first-order chi connectivity index (χ1) is 11.0. The Bertz CT molecular complexity index is 653. The van der Waals surface area contributed by atoms with E-state index in [1.165, 1.54) is 6.07 Å². The molecule has 1 aromatic rings. The van der Waals surface area contributed by atoms with E-state index in [0.29, 0.717) is 37.5 Å². The van der Waals surface area contributed by atoms with Gasteiger partial charge in [0.05, 0.1) is 5.56 Å². The van der Waals surface area contributed by atoms with Crippen molar-refractivity contribution in [3.63, 3.8) is 0 Å². The van der Waals surface area contributed by atoms with E-state index in [2.05, 4.69) is 12.2 Å². The average Bonchev–Trinajstić information content (AvgIpc) is 2.53. The van der Waals surface area contributed by atoms with E-state index in [1.807, 2.05) is 0 Å². The van der Waals surface area contributed by atoms with Crippen LogP contribution in [-0.2, 0) is 11.2 Å². The number of fused-ring (bicyclic) bond motifs is 1. The van der Waals surface area contributed by atoms with Gasteiger partial charge in [-0.25, -0.2) is 4.39 Å². The first-order valence-electron chi connectivity index (χ1n) is 8.14. The number of nitrogens with zero attached hydrogens (tertiary/aromatic N) is 1. The fourth-order valence-electron chi connectivity index (χ4n) is 3.58. The Labute approximate surface area is 147 Å². The van der Waals surface area contributed by atoms with Crippen molar-refractivity contribution in [2.75, 3.05) is 18.4 Å². The van der Waals surface area contributed by atoms with Crippen molar-refractivity contribution in [2.24, 2.45) is 11.7 Å². The number of hydrogen-bond donors (Lipinski definition) is 2. The lowest BCUT2D eigenvalue weighted by Gasteiger charge is -2.39. The van der Waals surface area contributed by atoms with Crippen LogP contribution in [0.25, 0.3) is 0 Å². The maximum atomic E-state index is 14.4. The van der Waals surface area contributed by atoms with Crippen LogP contribution < -0.4 is 11.1 Å². The van der Waals surface area contributed by atoms with Crippen molar-refractivity contribution in [2.45, 2.75) is 38.6 Å². The summed E-state index contributed by atoms with van der Waals surface area (Å²) in [6, 6.07) is 2.79. The lowest BCUT2D eigenvalue weighted by Crippen LogP contribution is -2.51. The fourth-order valence-corrected chi connectivity index (χ4v) is 3.58. The lowest BCUT2D eigenvalue weighted by atomic mass is 9.90. The van der Waals surface area contributed by atoms with E-state index in [0.717, 1.165) is 18.4 Å². The molecule has 2 amide bonds. The van der Waals surface area contributed by atoms with E-state index in [-0.39, 0.29) is 35.8 Å². The summed E-state index contributed by atoms with van der Waals surface area (Å²) in [5, 5.41) is 2.65. The molecule has 0 aromatic heterocycles. The van der Waals surface area contributed by atoms with Crippen LogP contribution in [-0.4, -0.2) is 35.8 Å². The summed E-state index contributed by atoms with van der Waals surface area (Å²) in [5.74, 6) is -0.698. The van der Waals surface area contributed by atoms with E-state index in [9.17, 15) is 14.0 Å². The number of hydrogen-bond acceptors (Lipinski definition) is 3. The highest BCUT2D eigenvalue weighted by atomic mass is 35.5. The Morgan fingerprint density at radius 2 is 2.17 bits per heavy atom. The second-order valence-electron chi connectivity index (χ2n) is 6.46. The van der Waals surface area contributed by atoms with Gasteiger partial charge in [-0.3, -0.25) is 9.59 Å². The summed E-state index contributed by atoms with van der Waals surface area (Å²) < 4.78 is 14.4. The van der Waals surface area contributed by atoms with Gasteiger partial charge in [-0.2, -0.15) is 0 Å². The molecule has 2 aliphatic heterocycles. The van der Waals surface area contributed by atoms with Crippen molar-refractivity contribution in [1.82, 2.24) is 4.90 Å².